The lowest BCUT2D eigenvalue weighted by Crippen LogP contribution is -2.32. The summed E-state index contributed by atoms with van der Waals surface area (Å²) >= 11 is 0. The van der Waals surface area contributed by atoms with Gasteiger partial charge in [0.1, 0.15) is 11.9 Å². The van der Waals surface area contributed by atoms with Crippen molar-refractivity contribution >= 4 is 0 Å². The maximum atomic E-state index is 11.1. The van der Waals surface area contributed by atoms with Crippen molar-refractivity contribution in [3.8, 4) is 5.75 Å². The molecule has 116 valence electrons. The number of hydrogen-bond acceptors (Lipinski definition) is 4. The first-order valence-corrected chi connectivity index (χ1v) is 7.11. The molecule has 2 aromatic rings. The van der Waals surface area contributed by atoms with Crippen LogP contribution in [0.2, 0.25) is 0 Å². The lowest BCUT2D eigenvalue weighted by atomic mass is 10.0. The molecule has 0 spiro atoms. The van der Waals surface area contributed by atoms with Crippen molar-refractivity contribution in [3.63, 3.8) is 0 Å². The quantitative estimate of drug-likeness (QED) is 0.629. The second kappa shape index (κ2) is 7.56. The summed E-state index contributed by atoms with van der Waals surface area (Å²) in [6, 6.07) is 16.2. The first-order valence-electron chi connectivity index (χ1n) is 7.11. The zero-order valence-corrected chi connectivity index (χ0v) is 12.7. The number of rotatable bonds is 7. The van der Waals surface area contributed by atoms with Crippen LogP contribution in [0, 0.1) is 4.91 Å². The van der Waals surface area contributed by atoms with Crippen molar-refractivity contribution in [3.05, 3.63) is 70.6 Å². The van der Waals surface area contributed by atoms with Gasteiger partial charge < -0.3 is 9.84 Å². The van der Waals surface area contributed by atoms with E-state index in [1.54, 1.807) is 14.0 Å². The topological polar surface area (TPSA) is 62.1 Å². The molecule has 2 rings (SSSR count). The maximum absolute atomic E-state index is 11.1. The molecule has 2 atom stereocenters. The SMILES string of the molecule is COc1ccc(CN(N=O)[C@@H](C)[C@H](O)c2ccccc2)cc1. The van der Waals surface area contributed by atoms with Crippen molar-refractivity contribution in [2.75, 3.05) is 7.11 Å². The lowest BCUT2D eigenvalue weighted by molar-refractivity contribution is 0.0537. The van der Waals surface area contributed by atoms with Gasteiger partial charge >= 0.3 is 0 Å². The molecule has 2 aromatic carbocycles. The first-order chi connectivity index (χ1) is 10.7. The molecule has 0 aliphatic rings. The molecule has 0 saturated carbocycles. The van der Waals surface area contributed by atoms with E-state index in [9.17, 15) is 10.0 Å². The van der Waals surface area contributed by atoms with Crippen LogP contribution >= 0.6 is 0 Å². The number of methoxy groups -OCH3 is 1. The van der Waals surface area contributed by atoms with Crippen LogP contribution < -0.4 is 4.74 Å². The zero-order valence-electron chi connectivity index (χ0n) is 12.7. The molecule has 5 heteroatoms. The highest BCUT2D eigenvalue weighted by molar-refractivity contribution is 5.27. The number of hydrogen-bond donors (Lipinski definition) is 1. The molecule has 0 aliphatic carbocycles. The van der Waals surface area contributed by atoms with Gasteiger partial charge in [-0.25, -0.2) is 0 Å². The molecule has 0 amide bonds. The fourth-order valence-corrected chi connectivity index (χ4v) is 2.26. The Morgan fingerprint density at radius 1 is 1.14 bits per heavy atom. The van der Waals surface area contributed by atoms with Crippen LogP contribution in [0.5, 0.6) is 5.75 Å². The molecule has 0 fully saturated rings. The summed E-state index contributed by atoms with van der Waals surface area (Å²) in [4.78, 5) is 11.1. The van der Waals surface area contributed by atoms with Gasteiger partial charge in [0.15, 0.2) is 0 Å². The summed E-state index contributed by atoms with van der Waals surface area (Å²) in [7, 11) is 1.60. The summed E-state index contributed by atoms with van der Waals surface area (Å²) in [5, 5.41) is 14.8. The third kappa shape index (κ3) is 3.83. The Morgan fingerprint density at radius 3 is 2.32 bits per heavy atom. The largest absolute Gasteiger partial charge is 0.497 e. The van der Waals surface area contributed by atoms with E-state index >= 15 is 0 Å². The van der Waals surface area contributed by atoms with Gasteiger partial charge in [-0.05, 0) is 30.2 Å². The van der Waals surface area contributed by atoms with Crippen molar-refractivity contribution in [1.29, 1.82) is 0 Å². The molecule has 0 unspecified atom stereocenters. The molecule has 0 heterocycles. The second-order valence-electron chi connectivity index (χ2n) is 5.12. The van der Waals surface area contributed by atoms with Crippen LogP contribution in [0.1, 0.15) is 24.2 Å². The van der Waals surface area contributed by atoms with Gasteiger partial charge in [0.2, 0.25) is 0 Å². The third-order valence-electron chi connectivity index (χ3n) is 3.68. The standard InChI is InChI=1S/C17H20N2O3/c1-13(17(20)15-6-4-3-5-7-15)19(18-21)12-14-8-10-16(22-2)11-9-14/h3-11,13,17,20H,12H2,1-2H3/t13-,17-/m0/s1. The van der Waals surface area contributed by atoms with E-state index in [2.05, 4.69) is 5.29 Å². The second-order valence-corrected chi connectivity index (χ2v) is 5.12. The minimum absolute atomic E-state index is 0.332. The van der Waals surface area contributed by atoms with Crippen molar-refractivity contribution < 1.29 is 9.84 Å². The Labute approximate surface area is 130 Å². The molecular formula is C17H20N2O3. The Bertz CT molecular complexity index is 587. The molecular weight excluding hydrogens is 280 g/mol. The Balaban J connectivity index is 2.08. The van der Waals surface area contributed by atoms with Crippen LogP contribution in [0.25, 0.3) is 0 Å². The number of nitroso groups, excluding NO2 is 1. The zero-order chi connectivity index (χ0) is 15.9. The van der Waals surface area contributed by atoms with E-state index in [1.165, 1.54) is 5.01 Å². The molecule has 22 heavy (non-hydrogen) atoms. The minimum atomic E-state index is -0.780. The van der Waals surface area contributed by atoms with Crippen LogP contribution in [0.3, 0.4) is 0 Å². The highest BCUT2D eigenvalue weighted by Gasteiger charge is 2.23. The molecule has 1 N–H and O–H groups in total. The van der Waals surface area contributed by atoms with Gasteiger partial charge in [0, 0.05) is 0 Å². The van der Waals surface area contributed by atoms with Crippen molar-refractivity contribution in [2.24, 2.45) is 5.29 Å². The maximum Gasteiger partial charge on any atom is 0.118 e. The number of nitrogens with zero attached hydrogens (tertiary/aromatic N) is 2. The Morgan fingerprint density at radius 2 is 1.77 bits per heavy atom. The summed E-state index contributed by atoms with van der Waals surface area (Å²) in [6.07, 6.45) is -0.780. The Hall–Kier alpha value is -2.40. The summed E-state index contributed by atoms with van der Waals surface area (Å²) < 4.78 is 5.11. The molecule has 0 bridgehead atoms. The van der Waals surface area contributed by atoms with Crippen LogP contribution in [0.15, 0.2) is 59.9 Å². The van der Waals surface area contributed by atoms with Gasteiger partial charge in [0.25, 0.3) is 0 Å². The highest BCUT2D eigenvalue weighted by Crippen LogP contribution is 2.23. The van der Waals surface area contributed by atoms with E-state index in [0.29, 0.717) is 6.54 Å². The van der Waals surface area contributed by atoms with E-state index in [4.69, 9.17) is 4.74 Å². The van der Waals surface area contributed by atoms with Gasteiger partial charge in [0.05, 0.1) is 25.0 Å². The predicted molar refractivity (Wildman–Crippen MR) is 85.2 cm³/mol. The van der Waals surface area contributed by atoms with Crippen LogP contribution in [-0.2, 0) is 6.54 Å². The molecule has 0 aromatic heterocycles. The van der Waals surface area contributed by atoms with Crippen LogP contribution in [-0.4, -0.2) is 23.3 Å². The van der Waals surface area contributed by atoms with Gasteiger partial charge in [-0.3, -0.25) is 5.01 Å². The fraction of sp³-hybridized carbons (Fsp3) is 0.294. The van der Waals surface area contributed by atoms with E-state index < -0.39 is 12.1 Å². The predicted octanol–water partition coefficient (Wildman–Crippen LogP) is 3.30. The summed E-state index contributed by atoms with van der Waals surface area (Å²) in [6.45, 7) is 2.11. The third-order valence-corrected chi connectivity index (χ3v) is 3.68. The minimum Gasteiger partial charge on any atom is -0.497 e. The first kappa shape index (κ1) is 16.0. The Kier molecular flexibility index (Phi) is 5.49. The van der Waals surface area contributed by atoms with Crippen molar-refractivity contribution in [2.45, 2.75) is 25.6 Å². The number of aliphatic hydroxyl groups excluding tert-OH is 1. The monoisotopic (exact) mass is 300 g/mol. The number of ether oxygens (including phenoxy) is 1. The summed E-state index contributed by atoms with van der Waals surface area (Å²) in [5.74, 6) is 0.756. The average molecular weight is 300 g/mol. The molecule has 0 saturated heterocycles. The highest BCUT2D eigenvalue weighted by atomic mass is 16.5. The van der Waals surface area contributed by atoms with Gasteiger partial charge in [-0.15, -0.1) is 4.91 Å². The van der Waals surface area contributed by atoms with E-state index in [0.717, 1.165) is 16.9 Å². The normalized spacial score (nSPS) is 13.2. The number of aliphatic hydroxyl groups is 1. The lowest BCUT2D eigenvalue weighted by Gasteiger charge is -2.27. The van der Waals surface area contributed by atoms with Crippen LogP contribution in [0.4, 0.5) is 0 Å². The van der Waals surface area contributed by atoms with Gasteiger partial charge in [-0.1, -0.05) is 42.5 Å². The summed E-state index contributed by atoms with van der Waals surface area (Å²) in [5.41, 5.74) is 1.69. The van der Waals surface area contributed by atoms with E-state index in [1.807, 2.05) is 54.6 Å². The van der Waals surface area contributed by atoms with E-state index in [-0.39, 0.29) is 0 Å². The average Bonchev–Trinajstić information content (AvgIpc) is 2.59. The van der Waals surface area contributed by atoms with Crippen molar-refractivity contribution in [1.82, 2.24) is 5.01 Å². The van der Waals surface area contributed by atoms with Gasteiger partial charge in [-0.2, -0.15) is 0 Å². The fourth-order valence-electron chi connectivity index (χ4n) is 2.26. The molecule has 0 radical (unpaired) electrons. The smallest absolute Gasteiger partial charge is 0.118 e. The number of benzene rings is 2. The molecule has 5 nitrogen and oxygen atoms in total. The molecule has 0 aliphatic heterocycles.